The standard InChI is InChI=1S/C24H24N4O4S/c1-4-22-27-28-24(33-22)26-23(29)18(15-25)13-17-9-10-20(21(14-17)30-3)32-12-11-31-19-8-6-5-7-16(19)2/h5-10,13-14H,4,11-12H2,1-3H3,(H,26,28,29). The van der Waals surface area contributed by atoms with E-state index in [1.165, 1.54) is 24.5 Å². The predicted octanol–water partition coefficient (Wildman–Crippen LogP) is 4.42. The van der Waals surface area contributed by atoms with Gasteiger partial charge >= 0.3 is 0 Å². The molecule has 2 aromatic carbocycles. The molecule has 33 heavy (non-hydrogen) atoms. The summed E-state index contributed by atoms with van der Waals surface area (Å²) in [5.74, 6) is 1.28. The van der Waals surface area contributed by atoms with Crippen molar-refractivity contribution in [2.24, 2.45) is 0 Å². The number of anilines is 1. The second-order valence-electron chi connectivity index (χ2n) is 6.85. The van der Waals surface area contributed by atoms with E-state index < -0.39 is 5.91 Å². The van der Waals surface area contributed by atoms with Crippen molar-refractivity contribution in [2.75, 3.05) is 25.6 Å². The molecule has 8 nitrogen and oxygen atoms in total. The van der Waals surface area contributed by atoms with E-state index in [0.29, 0.717) is 35.4 Å². The van der Waals surface area contributed by atoms with E-state index in [1.807, 2.05) is 44.2 Å². The largest absolute Gasteiger partial charge is 0.493 e. The van der Waals surface area contributed by atoms with Crippen molar-refractivity contribution >= 4 is 28.5 Å². The third-order valence-corrected chi connectivity index (χ3v) is 5.53. The number of ether oxygens (including phenoxy) is 3. The Bertz CT molecular complexity index is 1180. The Balaban J connectivity index is 1.63. The number of hydrogen-bond acceptors (Lipinski definition) is 8. The van der Waals surface area contributed by atoms with Crippen LogP contribution in [-0.2, 0) is 11.2 Å². The Kier molecular flexibility index (Phi) is 8.38. The minimum Gasteiger partial charge on any atom is -0.493 e. The molecule has 170 valence electrons. The highest BCUT2D eigenvalue weighted by Crippen LogP contribution is 2.29. The zero-order chi connectivity index (χ0) is 23.6. The molecule has 9 heteroatoms. The number of nitriles is 1. The van der Waals surface area contributed by atoms with Gasteiger partial charge in [-0.3, -0.25) is 10.1 Å². The average Bonchev–Trinajstić information content (AvgIpc) is 3.29. The SMILES string of the molecule is CCc1nnc(NC(=O)C(C#N)=Cc2ccc(OCCOc3ccccc3C)c(OC)c2)s1. The molecule has 1 N–H and O–H groups in total. The molecular formula is C24H24N4O4S. The quantitative estimate of drug-likeness (QED) is 0.269. The lowest BCUT2D eigenvalue weighted by atomic mass is 10.1. The average molecular weight is 465 g/mol. The first-order chi connectivity index (χ1) is 16.0. The van der Waals surface area contributed by atoms with Gasteiger partial charge in [-0.05, 0) is 48.7 Å². The Morgan fingerprint density at radius 2 is 1.88 bits per heavy atom. The molecule has 1 heterocycles. The molecular weight excluding hydrogens is 440 g/mol. The van der Waals surface area contributed by atoms with Crippen molar-refractivity contribution in [3.8, 4) is 23.3 Å². The van der Waals surface area contributed by atoms with Gasteiger partial charge in [0.2, 0.25) is 5.13 Å². The van der Waals surface area contributed by atoms with Crippen LogP contribution < -0.4 is 19.5 Å². The van der Waals surface area contributed by atoms with E-state index in [0.717, 1.165) is 22.7 Å². The van der Waals surface area contributed by atoms with Gasteiger partial charge in [0.05, 0.1) is 7.11 Å². The Morgan fingerprint density at radius 3 is 2.55 bits per heavy atom. The fraction of sp³-hybridized carbons (Fsp3) is 0.250. The van der Waals surface area contributed by atoms with Crippen molar-refractivity contribution in [3.63, 3.8) is 0 Å². The van der Waals surface area contributed by atoms with Crippen LogP contribution in [0.25, 0.3) is 6.08 Å². The minimum absolute atomic E-state index is 0.0643. The van der Waals surface area contributed by atoms with Crippen LogP contribution in [0.15, 0.2) is 48.0 Å². The van der Waals surface area contributed by atoms with E-state index >= 15 is 0 Å². The molecule has 3 aromatic rings. The Labute approximate surface area is 196 Å². The fourth-order valence-corrected chi connectivity index (χ4v) is 3.52. The number of nitrogens with zero attached hydrogens (tertiary/aromatic N) is 3. The molecule has 0 unspecified atom stereocenters. The molecule has 0 spiro atoms. The number of carbonyl (C=O) groups excluding carboxylic acids is 1. The van der Waals surface area contributed by atoms with E-state index in [4.69, 9.17) is 14.2 Å². The van der Waals surface area contributed by atoms with E-state index in [-0.39, 0.29) is 5.57 Å². The molecule has 3 rings (SSSR count). The van der Waals surface area contributed by atoms with Gasteiger partial charge in [-0.15, -0.1) is 10.2 Å². The van der Waals surface area contributed by atoms with Crippen LogP contribution in [0.4, 0.5) is 5.13 Å². The van der Waals surface area contributed by atoms with E-state index in [1.54, 1.807) is 18.2 Å². The Hall–Kier alpha value is -3.90. The summed E-state index contributed by atoms with van der Waals surface area (Å²) in [6.07, 6.45) is 2.20. The highest BCUT2D eigenvalue weighted by molar-refractivity contribution is 7.15. The summed E-state index contributed by atoms with van der Waals surface area (Å²) in [5, 5.41) is 21.1. The second kappa shape index (κ2) is 11.6. The van der Waals surface area contributed by atoms with Crippen LogP contribution in [0.1, 0.15) is 23.1 Å². The number of rotatable bonds is 10. The van der Waals surface area contributed by atoms with Crippen molar-refractivity contribution in [2.45, 2.75) is 20.3 Å². The van der Waals surface area contributed by atoms with Crippen molar-refractivity contribution in [3.05, 3.63) is 64.2 Å². The number of aryl methyl sites for hydroxylation is 2. The second-order valence-corrected chi connectivity index (χ2v) is 7.91. The topological polar surface area (TPSA) is 106 Å². The normalized spacial score (nSPS) is 10.9. The highest BCUT2D eigenvalue weighted by atomic mass is 32.1. The van der Waals surface area contributed by atoms with Crippen LogP contribution in [0.2, 0.25) is 0 Å². The molecule has 1 amide bonds. The number of carbonyl (C=O) groups is 1. The zero-order valence-electron chi connectivity index (χ0n) is 18.6. The fourth-order valence-electron chi connectivity index (χ4n) is 2.84. The molecule has 0 atom stereocenters. The summed E-state index contributed by atoms with van der Waals surface area (Å²) in [5.41, 5.74) is 1.61. The van der Waals surface area contributed by atoms with Gasteiger partial charge in [-0.25, -0.2) is 0 Å². The number of hydrogen-bond donors (Lipinski definition) is 1. The molecule has 0 saturated heterocycles. The Morgan fingerprint density at radius 1 is 1.12 bits per heavy atom. The molecule has 0 radical (unpaired) electrons. The summed E-state index contributed by atoms with van der Waals surface area (Å²) in [7, 11) is 1.53. The van der Waals surface area contributed by atoms with Gasteiger partial charge in [0.15, 0.2) is 11.5 Å². The summed E-state index contributed by atoms with van der Waals surface area (Å²) in [4.78, 5) is 12.4. The maximum absolute atomic E-state index is 12.4. The number of amides is 1. The predicted molar refractivity (Wildman–Crippen MR) is 127 cm³/mol. The van der Waals surface area contributed by atoms with Crippen LogP contribution in [-0.4, -0.2) is 36.4 Å². The number of methoxy groups -OCH3 is 1. The molecule has 0 aliphatic rings. The van der Waals surface area contributed by atoms with Crippen LogP contribution in [0, 0.1) is 18.3 Å². The van der Waals surface area contributed by atoms with Crippen molar-refractivity contribution in [1.82, 2.24) is 10.2 Å². The van der Waals surface area contributed by atoms with Crippen molar-refractivity contribution in [1.29, 1.82) is 5.26 Å². The summed E-state index contributed by atoms with van der Waals surface area (Å²) in [6.45, 7) is 4.63. The third-order valence-electron chi connectivity index (χ3n) is 4.55. The number of nitrogens with one attached hydrogen (secondary N) is 1. The molecule has 0 aliphatic heterocycles. The molecule has 0 saturated carbocycles. The first kappa shape index (κ1) is 23.8. The van der Waals surface area contributed by atoms with E-state index in [2.05, 4.69) is 15.5 Å². The lowest BCUT2D eigenvalue weighted by molar-refractivity contribution is -0.112. The van der Waals surface area contributed by atoms with Gasteiger partial charge < -0.3 is 14.2 Å². The summed E-state index contributed by atoms with van der Waals surface area (Å²) >= 11 is 1.27. The summed E-state index contributed by atoms with van der Waals surface area (Å²) in [6, 6.07) is 14.9. The maximum Gasteiger partial charge on any atom is 0.268 e. The monoisotopic (exact) mass is 464 g/mol. The number of benzene rings is 2. The van der Waals surface area contributed by atoms with Gasteiger partial charge in [0.25, 0.3) is 5.91 Å². The third kappa shape index (κ3) is 6.54. The van der Waals surface area contributed by atoms with Crippen LogP contribution >= 0.6 is 11.3 Å². The highest BCUT2D eigenvalue weighted by Gasteiger charge is 2.13. The number of aromatic nitrogens is 2. The van der Waals surface area contributed by atoms with E-state index in [9.17, 15) is 10.1 Å². The molecule has 0 fully saturated rings. The number of para-hydroxylation sites is 1. The first-order valence-electron chi connectivity index (χ1n) is 10.3. The maximum atomic E-state index is 12.4. The molecule has 0 bridgehead atoms. The van der Waals surface area contributed by atoms with Gasteiger partial charge in [-0.1, -0.05) is 42.5 Å². The summed E-state index contributed by atoms with van der Waals surface area (Å²) < 4.78 is 16.9. The minimum atomic E-state index is -0.552. The first-order valence-corrected chi connectivity index (χ1v) is 11.1. The van der Waals surface area contributed by atoms with Crippen molar-refractivity contribution < 1.29 is 19.0 Å². The molecule has 0 aliphatic carbocycles. The van der Waals surface area contributed by atoms with Crippen LogP contribution in [0.5, 0.6) is 17.2 Å². The van der Waals surface area contributed by atoms with Gasteiger partial charge in [-0.2, -0.15) is 5.26 Å². The lowest BCUT2D eigenvalue weighted by Gasteiger charge is -2.13. The van der Waals surface area contributed by atoms with Gasteiger partial charge in [0.1, 0.15) is 35.6 Å². The molecule has 1 aromatic heterocycles. The smallest absolute Gasteiger partial charge is 0.268 e. The van der Waals surface area contributed by atoms with Crippen LogP contribution in [0.3, 0.4) is 0 Å². The zero-order valence-corrected chi connectivity index (χ0v) is 19.4. The van der Waals surface area contributed by atoms with Gasteiger partial charge in [0, 0.05) is 0 Å². The lowest BCUT2D eigenvalue weighted by Crippen LogP contribution is -2.13.